The highest BCUT2D eigenvalue weighted by atomic mass is 79.9. The smallest absolute Gasteiger partial charge is 0.175 e. The standard InChI is InChI=1S/C30H40BrNO4/c1-8-11-36-28-19(31)12-18(13-24(28)35-10-3)25-26-20(14-29(4,5)16-22(26)33)32(9-2)21-15-30(6,7)17-23(34)27(21)25/h12-13,25H,8-11,14-17H2,1-7H3. The number of hydrogen-bond acceptors (Lipinski definition) is 5. The number of nitrogens with zero attached hydrogens (tertiary/aromatic N) is 1. The van der Waals surface area contributed by atoms with E-state index in [2.05, 4.69) is 62.4 Å². The predicted molar refractivity (Wildman–Crippen MR) is 146 cm³/mol. The third kappa shape index (κ3) is 4.90. The molecule has 0 N–H and O–H groups in total. The largest absolute Gasteiger partial charge is 0.490 e. The summed E-state index contributed by atoms with van der Waals surface area (Å²) in [7, 11) is 0. The van der Waals surface area contributed by atoms with E-state index < -0.39 is 0 Å². The summed E-state index contributed by atoms with van der Waals surface area (Å²) in [4.78, 5) is 29.9. The van der Waals surface area contributed by atoms with Gasteiger partial charge in [-0.1, -0.05) is 34.6 Å². The van der Waals surface area contributed by atoms with Gasteiger partial charge in [-0.15, -0.1) is 0 Å². The first-order valence-electron chi connectivity index (χ1n) is 13.3. The number of allylic oxidation sites excluding steroid dienone is 4. The summed E-state index contributed by atoms with van der Waals surface area (Å²) in [6, 6.07) is 4.01. The van der Waals surface area contributed by atoms with E-state index in [0.717, 1.165) is 58.4 Å². The van der Waals surface area contributed by atoms with Crippen LogP contribution in [0.25, 0.3) is 0 Å². The van der Waals surface area contributed by atoms with Crippen LogP contribution in [0.4, 0.5) is 0 Å². The minimum Gasteiger partial charge on any atom is -0.490 e. The van der Waals surface area contributed by atoms with E-state index in [-0.39, 0.29) is 28.3 Å². The topological polar surface area (TPSA) is 55.8 Å². The molecule has 0 unspecified atom stereocenters. The van der Waals surface area contributed by atoms with E-state index >= 15 is 0 Å². The molecule has 2 aliphatic carbocycles. The van der Waals surface area contributed by atoms with Gasteiger partial charge in [-0.05, 0) is 77.6 Å². The van der Waals surface area contributed by atoms with Gasteiger partial charge in [0.2, 0.25) is 0 Å². The van der Waals surface area contributed by atoms with Crippen LogP contribution in [0.5, 0.6) is 11.5 Å². The van der Waals surface area contributed by atoms with E-state index in [1.807, 2.05) is 19.1 Å². The lowest BCUT2D eigenvalue weighted by Crippen LogP contribution is -2.44. The molecule has 1 aromatic carbocycles. The molecular formula is C30H40BrNO4. The van der Waals surface area contributed by atoms with Crippen LogP contribution in [0.1, 0.15) is 92.1 Å². The summed E-state index contributed by atoms with van der Waals surface area (Å²) in [5, 5.41) is 0. The first-order valence-corrected chi connectivity index (χ1v) is 14.1. The normalized spacial score (nSPS) is 21.5. The lowest BCUT2D eigenvalue weighted by atomic mass is 9.63. The highest BCUT2D eigenvalue weighted by Crippen LogP contribution is 2.55. The second-order valence-electron chi connectivity index (χ2n) is 11.9. The molecule has 196 valence electrons. The number of ketones is 2. The summed E-state index contributed by atoms with van der Waals surface area (Å²) < 4.78 is 12.8. The number of carbonyl (C=O) groups is 2. The van der Waals surface area contributed by atoms with Gasteiger partial charge in [-0.25, -0.2) is 0 Å². The number of Topliss-reactive ketones (excluding diaryl/α,β-unsaturated/α-hetero) is 2. The molecule has 1 heterocycles. The lowest BCUT2D eigenvalue weighted by molar-refractivity contribution is -0.119. The monoisotopic (exact) mass is 557 g/mol. The number of rotatable bonds is 7. The quantitative estimate of drug-likeness (QED) is 0.351. The van der Waals surface area contributed by atoms with Crippen molar-refractivity contribution in [2.24, 2.45) is 10.8 Å². The fourth-order valence-corrected chi connectivity index (χ4v) is 6.70. The van der Waals surface area contributed by atoms with Crippen LogP contribution in [0.3, 0.4) is 0 Å². The van der Waals surface area contributed by atoms with Crippen LogP contribution >= 0.6 is 15.9 Å². The summed E-state index contributed by atoms with van der Waals surface area (Å²) in [6.07, 6.45) is 3.50. The lowest BCUT2D eigenvalue weighted by Gasteiger charge is -2.49. The van der Waals surface area contributed by atoms with Crippen molar-refractivity contribution in [3.63, 3.8) is 0 Å². The fraction of sp³-hybridized carbons (Fsp3) is 0.600. The average molecular weight is 559 g/mol. The van der Waals surface area contributed by atoms with Crippen molar-refractivity contribution in [3.8, 4) is 11.5 Å². The molecule has 0 atom stereocenters. The maximum absolute atomic E-state index is 13.8. The summed E-state index contributed by atoms with van der Waals surface area (Å²) in [6.45, 7) is 16.6. The summed E-state index contributed by atoms with van der Waals surface area (Å²) in [5.74, 6) is 1.22. The fourth-order valence-electron chi connectivity index (χ4n) is 6.12. The number of ether oxygens (including phenoxy) is 2. The maximum atomic E-state index is 13.8. The summed E-state index contributed by atoms with van der Waals surface area (Å²) in [5.41, 5.74) is 4.44. The van der Waals surface area contributed by atoms with Crippen LogP contribution < -0.4 is 9.47 Å². The van der Waals surface area contributed by atoms with Gasteiger partial charge in [-0.3, -0.25) is 9.59 Å². The van der Waals surface area contributed by atoms with Gasteiger partial charge in [0, 0.05) is 47.8 Å². The number of carbonyl (C=O) groups excluding carboxylic acids is 2. The molecule has 6 heteroatoms. The third-order valence-electron chi connectivity index (χ3n) is 7.45. The van der Waals surface area contributed by atoms with Gasteiger partial charge in [0.1, 0.15) is 0 Å². The molecule has 36 heavy (non-hydrogen) atoms. The Bertz CT molecular complexity index is 1090. The maximum Gasteiger partial charge on any atom is 0.175 e. The Kier molecular flexibility index (Phi) is 7.49. The van der Waals surface area contributed by atoms with E-state index in [1.165, 1.54) is 0 Å². The number of halogens is 1. The Morgan fingerprint density at radius 3 is 1.92 bits per heavy atom. The van der Waals surface area contributed by atoms with Gasteiger partial charge in [0.15, 0.2) is 23.1 Å². The Morgan fingerprint density at radius 1 is 0.889 bits per heavy atom. The molecule has 3 aliphatic rings. The van der Waals surface area contributed by atoms with Crippen molar-refractivity contribution < 1.29 is 19.1 Å². The van der Waals surface area contributed by atoms with E-state index in [0.29, 0.717) is 37.6 Å². The highest BCUT2D eigenvalue weighted by molar-refractivity contribution is 9.10. The molecular weight excluding hydrogens is 518 g/mol. The molecule has 0 spiro atoms. The van der Waals surface area contributed by atoms with Crippen LogP contribution in [-0.4, -0.2) is 36.2 Å². The highest BCUT2D eigenvalue weighted by Gasteiger charge is 2.48. The van der Waals surface area contributed by atoms with E-state index in [1.54, 1.807) is 0 Å². The predicted octanol–water partition coefficient (Wildman–Crippen LogP) is 7.34. The molecule has 4 rings (SSSR count). The minimum atomic E-state index is -0.388. The van der Waals surface area contributed by atoms with Crippen LogP contribution in [0.15, 0.2) is 39.1 Å². The Morgan fingerprint density at radius 2 is 1.44 bits per heavy atom. The van der Waals surface area contributed by atoms with Crippen LogP contribution in [0, 0.1) is 10.8 Å². The average Bonchev–Trinajstić information content (AvgIpc) is 2.75. The van der Waals surface area contributed by atoms with E-state index in [9.17, 15) is 9.59 Å². The number of hydrogen-bond donors (Lipinski definition) is 0. The van der Waals surface area contributed by atoms with Gasteiger partial charge < -0.3 is 14.4 Å². The molecule has 0 aromatic heterocycles. The van der Waals surface area contributed by atoms with Crippen molar-refractivity contribution in [3.05, 3.63) is 44.7 Å². The zero-order valence-electron chi connectivity index (χ0n) is 22.8. The first-order chi connectivity index (χ1) is 16.9. The van der Waals surface area contributed by atoms with Crippen molar-refractivity contribution >= 4 is 27.5 Å². The van der Waals surface area contributed by atoms with Gasteiger partial charge in [0.05, 0.1) is 17.7 Å². The number of benzene rings is 1. The second kappa shape index (κ2) is 10.00. The Hall–Kier alpha value is -2.08. The Labute approximate surface area is 224 Å². The van der Waals surface area contributed by atoms with Crippen LogP contribution in [0.2, 0.25) is 0 Å². The van der Waals surface area contributed by atoms with Crippen molar-refractivity contribution in [2.75, 3.05) is 19.8 Å². The van der Waals surface area contributed by atoms with Crippen molar-refractivity contribution in [1.82, 2.24) is 4.90 Å². The molecule has 0 saturated heterocycles. The van der Waals surface area contributed by atoms with Gasteiger partial charge in [-0.2, -0.15) is 0 Å². The summed E-state index contributed by atoms with van der Waals surface area (Å²) >= 11 is 3.72. The molecule has 5 nitrogen and oxygen atoms in total. The third-order valence-corrected chi connectivity index (χ3v) is 8.04. The van der Waals surface area contributed by atoms with Gasteiger partial charge >= 0.3 is 0 Å². The Balaban J connectivity index is 1.98. The zero-order chi connectivity index (χ0) is 26.4. The molecule has 0 amide bonds. The molecule has 1 aliphatic heterocycles. The first kappa shape index (κ1) is 27.0. The SMILES string of the molecule is CCCOc1c(Br)cc(C2C3=C(CC(C)(C)CC3=O)N(CC)C3=C2C(=O)CC(C)(C)C3)cc1OCC. The van der Waals surface area contributed by atoms with Crippen molar-refractivity contribution in [2.45, 2.75) is 86.5 Å². The van der Waals surface area contributed by atoms with Crippen LogP contribution in [-0.2, 0) is 9.59 Å². The second-order valence-corrected chi connectivity index (χ2v) is 12.7. The van der Waals surface area contributed by atoms with Crippen molar-refractivity contribution in [1.29, 1.82) is 0 Å². The molecule has 0 fully saturated rings. The molecule has 1 aromatic rings. The zero-order valence-corrected chi connectivity index (χ0v) is 24.4. The molecule has 0 saturated carbocycles. The van der Waals surface area contributed by atoms with E-state index in [4.69, 9.17) is 9.47 Å². The minimum absolute atomic E-state index is 0.116. The van der Waals surface area contributed by atoms with Gasteiger partial charge in [0.25, 0.3) is 0 Å². The molecule has 0 radical (unpaired) electrons. The molecule has 0 bridgehead atoms.